The van der Waals surface area contributed by atoms with Crippen molar-refractivity contribution in [3.05, 3.63) is 94.5 Å². The number of hydrogen-bond donors (Lipinski definition) is 1. The fourth-order valence-electron chi connectivity index (χ4n) is 2.79. The molecule has 0 aliphatic rings. The summed E-state index contributed by atoms with van der Waals surface area (Å²) >= 11 is 7.66. The van der Waals surface area contributed by atoms with E-state index in [-0.39, 0.29) is 11.9 Å². The predicted octanol–water partition coefficient (Wildman–Crippen LogP) is 4.36. The topological polar surface area (TPSA) is 59.3 Å². The molecule has 0 spiro atoms. The van der Waals surface area contributed by atoms with Gasteiger partial charge in [-0.3, -0.25) is 14.2 Å². The second-order valence-electron chi connectivity index (χ2n) is 5.78. The highest BCUT2D eigenvalue weighted by Crippen LogP contribution is 2.23. The number of halogens is 1. The number of rotatable bonds is 5. The molecule has 4 rings (SSSR count). The molecule has 3 aromatic heterocycles. The Hall–Kier alpha value is -2.96. The van der Waals surface area contributed by atoms with E-state index in [1.165, 1.54) is 17.4 Å². The number of carbonyl (C=O) groups excluding carboxylic acids is 1. The summed E-state index contributed by atoms with van der Waals surface area (Å²) < 4.78 is 1.85. The van der Waals surface area contributed by atoms with Crippen LogP contribution in [-0.2, 0) is 4.79 Å². The van der Waals surface area contributed by atoms with Gasteiger partial charge in [0, 0.05) is 23.8 Å². The van der Waals surface area contributed by atoms with Crippen LogP contribution in [0.2, 0.25) is 5.15 Å². The molecule has 0 aliphatic carbocycles. The number of fused-ring (bicyclic) bond motifs is 1. The van der Waals surface area contributed by atoms with Gasteiger partial charge < -0.3 is 5.32 Å². The van der Waals surface area contributed by atoms with Crippen molar-refractivity contribution in [1.82, 2.24) is 19.7 Å². The van der Waals surface area contributed by atoms with Crippen molar-refractivity contribution in [3.63, 3.8) is 0 Å². The summed E-state index contributed by atoms with van der Waals surface area (Å²) in [6, 6.07) is 15.0. The van der Waals surface area contributed by atoms with E-state index in [1.807, 2.05) is 64.5 Å². The van der Waals surface area contributed by atoms with Crippen LogP contribution in [0, 0.1) is 0 Å². The first kappa shape index (κ1) is 17.5. The van der Waals surface area contributed by atoms with Crippen molar-refractivity contribution in [2.75, 3.05) is 0 Å². The van der Waals surface area contributed by atoms with Crippen LogP contribution in [0.1, 0.15) is 23.0 Å². The molecule has 5 nitrogen and oxygen atoms in total. The molecule has 0 saturated carbocycles. The third-order valence-electron chi connectivity index (χ3n) is 4.05. The van der Waals surface area contributed by atoms with Crippen molar-refractivity contribution < 1.29 is 4.79 Å². The van der Waals surface area contributed by atoms with E-state index < -0.39 is 0 Å². The number of nitrogens with one attached hydrogen (secondary N) is 1. The van der Waals surface area contributed by atoms with Gasteiger partial charge in [-0.05, 0) is 23.8 Å². The largest absolute Gasteiger partial charge is 0.340 e. The highest BCUT2D eigenvalue weighted by Gasteiger charge is 2.17. The van der Waals surface area contributed by atoms with E-state index in [0.29, 0.717) is 10.8 Å². The van der Waals surface area contributed by atoms with Crippen molar-refractivity contribution in [3.8, 4) is 0 Å². The highest BCUT2D eigenvalue weighted by atomic mass is 35.5. The molecule has 134 valence electrons. The zero-order valence-electron chi connectivity index (χ0n) is 14.1. The molecule has 0 aliphatic heterocycles. The van der Waals surface area contributed by atoms with E-state index in [0.717, 1.165) is 16.2 Å². The van der Waals surface area contributed by atoms with Crippen LogP contribution in [0.5, 0.6) is 0 Å². The fraction of sp³-hybridized carbons (Fsp3) is 0.0500. The maximum Gasteiger partial charge on any atom is 0.244 e. The molecule has 0 fully saturated rings. The fourth-order valence-corrected chi connectivity index (χ4v) is 3.80. The summed E-state index contributed by atoms with van der Waals surface area (Å²) in [6.07, 6.45) is 6.72. The van der Waals surface area contributed by atoms with Crippen molar-refractivity contribution >= 4 is 39.9 Å². The summed E-state index contributed by atoms with van der Waals surface area (Å²) in [5.41, 5.74) is 2.41. The molecule has 1 atom stereocenters. The molecule has 4 aromatic rings. The van der Waals surface area contributed by atoms with Gasteiger partial charge in [-0.25, -0.2) is 4.98 Å². The zero-order valence-corrected chi connectivity index (χ0v) is 15.7. The quantitative estimate of drug-likeness (QED) is 0.511. The minimum Gasteiger partial charge on any atom is -0.340 e. The number of hydrogen-bond acceptors (Lipinski definition) is 4. The second kappa shape index (κ2) is 7.73. The number of carbonyl (C=O) groups is 1. The number of thiazole rings is 1. The Labute approximate surface area is 165 Å². The molecule has 1 unspecified atom stereocenters. The van der Waals surface area contributed by atoms with E-state index >= 15 is 0 Å². The Morgan fingerprint density at radius 2 is 2.00 bits per heavy atom. The Morgan fingerprint density at radius 3 is 2.78 bits per heavy atom. The molecular weight excluding hydrogens is 380 g/mol. The van der Waals surface area contributed by atoms with Gasteiger partial charge in [-0.2, -0.15) is 0 Å². The smallest absolute Gasteiger partial charge is 0.244 e. The number of aromatic nitrogens is 3. The second-order valence-corrected chi connectivity index (χ2v) is 7.01. The van der Waals surface area contributed by atoms with Crippen molar-refractivity contribution in [2.24, 2.45) is 0 Å². The van der Waals surface area contributed by atoms with Gasteiger partial charge >= 0.3 is 0 Å². The minimum absolute atomic E-state index is 0.240. The van der Waals surface area contributed by atoms with Crippen LogP contribution in [0.4, 0.5) is 0 Å². The van der Waals surface area contributed by atoms with Gasteiger partial charge in [0.25, 0.3) is 0 Å². The van der Waals surface area contributed by atoms with Crippen LogP contribution in [0.25, 0.3) is 11.0 Å². The molecule has 7 heteroatoms. The highest BCUT2D eigenvalue weighted by molar-refractivity contribution is 7.15. The van der Waals surface area contributed by atoms with Gasteiger partial charge in [0.2, 0.25) is 5.91 Å². The number of nitrogens with zero attached hydrogens (tertiary/aromatic N) is 3. The first-order valence-corrected chi connectivity index (χ1v) is 9.53. The van der Waals surface area contributed by atoms with Crippen LogP contribution in [0.15, 0.2) is 72.4 Å². The summed E-state index contributed by atoms with van der Waals surface area (Å²) in [6.45, 7) is 0. The predicted molar refractivity (Wildman–Crippen MR) is 108 cm³/mol. The van der Waals surface area contributed by atoms with Gasteiger partial charge in [0.1, 0.15) is 0 Å². The van der Waals surface area contributed by atoms with Crippen LogP contribution >= 0.6 is 22.9 Å². The SMILES string of the molecule is O=C(/C=C/c1c(Cl)nc2sccn12)NC(c1ccccc1)c1ccccn1. The Morgan fingerprint density at radius 1 is 1.19 bits per heavy atom. The van der Waals surface area contributed by atoms with Gasteiger partial charge in [0.05, 0.1) is 17.4 Å². The van der Waals surface area contributed by atoms with E-state index in [2.05, 4.69) is 15.3 Å². The molecule has 1 N–H and O–H groups in total. The lowest BCUT2D eigenvalue weighted by atomic mass is 10.0. The van der Waals surface area contributed by atoms with E-state index in [4.69, 9.17) is 11.6 Å². The average molecular weight is 395 g/mol. The standard InChI is InChI=1S/C20H15ClN4OS/c21-19-16(25-12-13-27-20(25)24-19)9-10-17(26)23-18(14-6-2-1-3-7-14)15-8-4-5-11-22-15/h1-13,18H,(H,23,26)/b10-9+. The summed E-state index contributed by atoms with van der Waals surface area (Å²) in [7, 11) is 0. The maximum atomic E-state index is 12.6. The molecule has 1 aromatic carbocycles. The molecule has 0 bridgehead atoms. The third kappa shape index (κ3) is 3.77. The lowest BCUT2D eigenvalue weighted by molar-refractivity contribution is -0.116. The van der Waals surface area contributed by atoms with Crippen molar-refractivity contribution in [2.45, 2.75) is 6.04 Å². The minimum atomic E-state index is -0.341. The number of pyridine rings is 1. The first-order chi connectivity index (χ1) is 13.2. The van der Waals surface area contributed by atoms with Gasteiger partial charge in [-0.15, -0.1) is 11.3 Å². The van der Waals surface area contributed by atoms with Crippen molar-refractivity contribution in [1.29, 1.82) is 0 Å². The van der Waals surface area contributed by atoms with E-state index in [9.17, 15) is 4.79 Å². The molecule has 0 radical (unpaired) electrons. The Bertz CT molecular complexity index is 1050. The Balaban J connectivity index is 1.59. The molecule has 27 heavy (non-hydrogen) atoms. The molecule has 1 amide bonds. The number of benzene rings is 1. The maximum absolute atomic E-state index is 12.6. The summed E-state index contributed by atoms with van der Waals surface area (Å²) in [5, 5.41) is 5.30. The monoisotopic (exact) mass is 394 g/mol. The first-order valence-electron chi connectivity index (χ1n) is 8.28. The third-order valence-corrected chi connectivity index (χ3v) is 5.08. The summed E-state index contributed by atoms with van der Waals surface area (Å²) in [5.74, 6) is -0.240. The van der Waals surface area contributed by atoms with Gasteiger partial charge in [0.15, 0.2) is 10.1 Å². The lowest BCUT2D eigenvalue weighted by Crippen LogP contribution is -2.28. The molecule has 3 heterocycles. The zero-order chi connectivity index (χ0) is 18.6. The number of imidazole rings is 1. The van der Waals surface area contributed by atoms with Crippen LogP contribution < -0.4 is 5.32 Å². The summed E-state index contributed by atoms with van der Waals surface area (Å²) in [4.78, 5) is 22.0. The number of amides is 1. The molecular formula is C20H15ClN4OS. The van der Waals surface area contributed by atoms with Crippen LogP contribution in [0.3, 0.4) is 0 Å². The molecule has 0 saturated heterocycles. The van der Waals surface area contributed by atoms with Gasteiger partial charge in [-0.1, -0.05) is 48.0 Å². The average Bonchev–Trinajstić information content (AvgIpc) is 3.26. The Kier molecular flexibility index (Phi) is 5.00. The van der Waals surface area contributed by atoms with E-state index in [1.54, 1.807) is 12.3 Å². The normalized spacial score (nSPS) is 12.5. The lowest BCUT2D eigenvalue weighted by Gasteiger charge is -2.17. The van der Waals surface area contributed by atoms with Crippen LogP contribution in [-0.4, -0.2) is 20.3 Å².